The highest BCUT2D eigenvalue weighted by atomic mass is 35.5. The molecule has 106 valence electrons. The summed E-state index contributed by atoms with van der Waals surface area (Å²) in [5.74, 6) is 5.07. The lowest BCUT2D eigenvalue weighted by Crippen LogP contribution is -2.32. The molecule has 0 aliphatic rings. The Balaban J connectivity index is 2.15. The molecule has 3 rings (SSSR count). The molecule has 0 aliphatic carbocycles. The average Bonchev–Trinajstić information content (AvgIpc) is 2.85. The summed E-state index contributed by atoms with van der Waals surface area (Å²) in [6.45, 7) is 0.529. The normalized spacial score (nSPS) is 10.8. The molecule has 1 aromatic heterocycles. The van der Waals surface area contributed by atoms with Crippen molar-refractivity contribution in [2.45, 2.75) is 6.54 Å². The molecule has 0 unspecified atom stereocenters. The Labute approximate surface area is 126 Å². The van der Waals surface area contributed by atoms with Crippen molar-refractivity contribution in [3.63, 3.8) is 0 Å². The van der Waals surface area contributed by atoms with Crippen LogP contribution in [0.4, 0.5) is 0 Å². The molecule has 1 heterocycles. The fourth-order valence-corrected chi connectivity index (χ4v) is 2.43. The molecule has 0 radical (unpaired) electrons. The smallest absolute Gasteiger partial charge is 0.301 e. The van der Waals surface area contributed by atoms with Crippen molar-refractivity contribution in [2.24, 2.45) is 5.84 Å². The van der Waals surface area contributed by atoms with Crippen molar-refractivity contribution in [1.29, 1.82) is 0 Å². The number of nitrogens with two attached hydrogens (primary N) is 1. The molecule has 0 fully saturated rings. The summed E-state index contributed by atoms with van der Waals surface area (Å²) in [5.41, 5.74) is 4.69. The van der Waals surface area contributed by atoms with Crippen LogP contribution in [0, 0.1) is 0 Å². The number of carbonyl (C=O) groups is 1. The summed E-state index contributed by atoms with van der Waals surface area (Å²) in [5, 5.41) is 0.576. The number of amides is 1. The van der Waals surface area contributed by atoms with E-state index in [1.165, 1.54) is 0 Å². The number of nitrogens with zero attached hydrogens (tertiary/aromatic N) is 2. The number of fused-ring (bicyclic) bond motifs is 1. The van der Waals surface area contributed by atoms with Crippen LogP contribution in [0.2, 0.25) is 5.02 Å². The molecule has 0 saturated carbocycles. The van der Waals surface area contributed by atoms with Crippen LogP contribution in [0.15, 0.2) is 48.5 Å². The van der Waals surface area contributed by atoms with E-state index < -0.39 is 5.91 Å². The van der Waals surface area contributed by atoms with Gasteiger partial charge in [0.25, 0.3) is 0 Å². The van der Waals surface area contributed by atoms with Crippen molar-refractivity contribution in [3.05, 3.63) is 64.9 Å². The Morgan fingerprint density at radius 3 is 2.71 bits per heavy atom. The number of carbonyl (C=O) groups excluding carboxylic acids is 1. The van der Waals surface area contributed by atoms with E-state index in [1.54, 1.807) is 12.1 Å². The zero-order valence-electron chi connectivity index (χ0n) is 11.1. The number of halogens is 1. The third-order valence-corrected chi connectivity index (χ3v) is 3.46. The van der Waals surface area contributed by atoms with Crippen LogP contribution in [0.25, 0.3) is 11.0 Å². The van der Waals surface area contributed by atoms with Gasteiger partial charge in [-0.2, -0.15) is 0 Å². The lowest BCUT2D eigenvalue weighted by atomic mass is 10.2. The lowest BCUT2D eigenvalue weighted by Gasteiger charge is -2.08. The van der Waals surface area contributed by atoms with E-state index in [0.29, 0.717) is 17.1 Å². The second kappa shape index (κ2) is 5.55. The molecule has 21 heavy (non-hydrogen) atoms. The molecule has 6 heteroatoms. The van der Waals surface area contributed by atoms with Gasteiger partial charge < -0.3 is 4.57 Å². The molecule has 0 spiro atoms. The van der Waals surface area contributed by atoms with Crippen LogP contribution in [0.5, 0.6) is 0 Å². The van der Waals surface area contributed by atoms with E-state index >= 15 is 0 Å². The highest BCUT2D eigenvalue weighted by molar-refractivity contribution is 6.31. The van der Waals surface area contributed by atoms with Crippen LogP contribution in [-0.4, -0.2) is 15.5 Å². The van der Waals surface area contributed by atoms with Gasteiger partial charge in [-0.1, -0.05) is 41.9 Å². The Morgan fingerprint density at radius 1 is 1.24 bits per heavy atom. The Bertz CT molecular complexity index is 798. The van der Waals surface area contributed by atoms with E-state index in [0.717, 1.165) is 11.1 Å². The van der Waals surface area contributed by atoms with Gasteiger partial charge in [-0.3, -0.25) is 10.2 Å². The second-order valence-corrected chi connectivity index (χ2v) is 5.05. The highest BCUT2D eigenvalue weighted by Crippen LogP contribution is 2.21. The first-order valence-electron chi connectivity index (χ1n) is 6.39. The van der Waals surface area contributed by atoms with Crippen molar-refractivity contribution < 1.29 is 4.79 Å². The number of nitrogen functional groups attached to an aromatic ring is 1. The molecule has 0 aliphatic heterocycles. The summed E-state index contributed by atoms with van der Waals surface area (Å²) < 4.78 is 1.82. The van der Waals surface area contributed by atoms with Crippen LogP contribution >= 0.6 is 11.6 Å². The van der Waals surface area contributed by atoms with Gasteiger partial charge in [0.2, 0.25) is 5.82 Å². The van der Waals surface area contributed by atoms with Gasteiger partial charge in [-0.15, -0.1) is 0 Å². The molecule has 0 bridgehead atoms. The third-order valence-electron chi connectivity index (χ3n) is 3.23. The second-order valence-electron chi connectivity index (χ2n) is 4.61. The van der Waals surface area contributed by atoms with Crippen LogP contribution in [0.1, 0.15) is 16.2 Å². The number of hydrazine groups is 1. The van der Waals surface area contributed by atoms with Gasteiger partial charge in [0.05, 0.1) is 11.0 Å². The minimum absolute atomic E-state index is 0.263. The molecular weight excluding hydrogens is 288 g/mol. The van der Waals surface area contributed by atoms with Gasteiger partial charge in [-0.25, -0.2) is 10.8 Å². The average molecular weight is 301 g/mol. The molecule has 3 aromatic rings. The van der Waals surface area contributed by atoms with Gasteiger partial charge in [0.15, 0.2) is 0 Å². The Hall–Kier alpha value is -2.37. The third kappa shape index (κ3) is 2.61. The van der Waals surface area contributed by atoms with Crippen molar-refractivity contribution in [3.8, 4) is 0 Å². The van der Waals surface area contributed by atoms with Crippen LogP contribution < -0.4 is 11.3 Å². The fraction of sp³-hybridized carbons (Fsp3) is 0.0667. The SMILES string of the molecule is NNC(=O)c1nc2cc(Cl)ccc2n1Cc1ccccc1. The van der Waals surface area contributed by atoms with E-state index in [-0.39, 0.29) is 5.82 Å². The molecule has 2 aromatic carbocycles. The van der Waals surface area contributed by atoms with Crippen molar-refractivity contribution >= 4 is 28.5 Å². The summed E-state index contributed by atoms with van der Waals surface area (Å²) in [6, 6.07) is 15.2. The van der Waals surface area contributed by atoms with Crippen LogP contribution in [-0.2, 0) is 6.54 Å². The molecule has 1 amide bonds. The fourth-order valence-electron chi connectivity index (χ4n) is 2.27. The van der Waals surface area contributed by atoms with Gasteiger partial charge in [-0.05, 0) is 23.8 Å². The van der Waals surface area contributed by atoms with E-state index in [1.807, 2.05) is 41.0 Å². The number of hydrogen-bond acceptors (Lipinski definition) is 3. The maximum Gasteiger partial charge on any atom is 0.301 e. The van der Waals surface area contributed by atoms with Crippen molar-refractivity contribution in [1.82, 2.24) is 15.0 Å². The zero-order chi connectivity index (χ0) is 14.8. The van der Waals surface area contributed by atoms with E-state index in [4.69, 9.17) is 17.4 Å². The molecular formula is C15H13ClN4O. The number of benzene rings is 2. The minimum Gasteiger partial charge on any atom is -0.315 e. The summed E-state index contributed by atoms with van der Waals surface area (Å²) in [4.78, 5) is 16.3. The minimum atomic E-state index is -0.432. The predicted molar refractivity (Wildman–Crippen MR) is 81.9 cm³/mol. The number of rotatable bonds is 3. The maximum absolute atomic E-state index is 11.9. The van der Waals surface area contributed by atoms with E-state index in [2.05, 4.69) is 10.4 Å². The maximum atomic E-state index is 11.9. The first-order valence-corrected chi connectivity index (χ1v) is 6.77. The Morgan fingerprint density at radius 2 is 2.00 bits per heavy atom. The largest absolute Gasteiger partial charge is 0.315 e. The summed E-state index contributed by atoms with van der Waals surface area (Å²) in [7, 11) is 0. The Kier molecular flexibility index (Phi) is 3.60. The molecule has 0 atom stereocenters. The number of aromatic nitrogens is 2. The monoisotopic (exact) mass is 300 g/mol. The summed E-state index contributed by atoms with van der Waals surface area (Å²) in [6.07, 6.45) is 0. The van der Waals surface area contributed by atoms with Gasteiger partial charge in [0.1, 0.15) is 0 Å². The quantitative estimate of drug-likeness (QED) is 0.443. The number of nitrogens with one attached hydrogen (secondary N) is 1. The number of hydrogen-bond donors (Lipinski definition) is 2. The molecule has 5 nitrogen and oxygen atoms in total. The number of imidazole rings is 1. The van der Waals surface area contributed by atoms with E-state index in [9.17, 15) is 4.79 Å². The first kappa shape index (κ1) is 13.6. The molecule has 3 N–H and O–H groups in total. The van der Waals surface area contributed by atoms with Crippen LogP contribution in [0.3, 0.4) is 0 Å². The lowest BCUT2D eigenvalue weighted by molar-refractivity contribution is 0.0940. The predicted octanol–water partition coefficient (Wildman–Crippen LogP) is 2.34. The molecule has 0 saturated heterocycles. The summed E-state index contributed by atoms with van der Waals surface area (Å²) >= 11 is 5.98. The van der Waals surface area contributed by atoms with Gasteiger partial charge >= 0.3 is 5.91 Å². The topological polar surface area (TPSA) is 72.9 Å². The van der Waals surface area contributed by atoms with Gasteiger partial charge in [0, 0.05) is 11.6 Å². The zero-order valence-corrected chi connectivity index (χ0v) is 11.8. The highest BCUT2D eigenvalue weighted by Gasteiger charge is 2.17. The van der Waals surface area contributed by atoms with Crippen molar-refractivity contribution in [2.75, 3.05) is 0 Å². The standard InChI is InChI=1S/C15H13ClN4O/c16-11-6-7-13-12(8-11)18-14(15(21)19-17)20(13)9-10-4-2-1-3-5-10/h1-8H,9,17H2,(H,19,21). The first-order chi connectivity index (χ1) is 10.2.